The van der Waals surface area contributed by atoms with Crippen LogP contribution in [0.1, 0.15) is 5.69 Å². The van der Waals surface area contributed by atoms with Gasteiger partial charge in [0.05, 0.1) is 24.1 Å². The molecule has 0 aliphatic heterocycles. The van der Waals surface area contributed by atoms with Gasteiger partial charge in [-0.15, -0.1) is 0 Å². The van der Waals surface area contributed by atoms with Crippen LogP contribution in [0.15, 0.2) is 24.4 Å². The lowest BCUT2D eigenvalue weighted by atomic mass is 10.2. The van der Waals surface area contributed by atoms with Crippen molar-refractivity contribution in [2.45, 2.75) is 6.61 Å². The Morgan fingerprint density at radius 2 is 1.93 bits per heavy atom. The minimum absolute atomic E-state index is 0.0784. The van der Waals surface area contributed by atoms with E-state index in [0.717, 1.165) is 12.1 Å². The Labute approximate surface area is 84.4 Å². The Morgan fingerprint density at radius 3 is 2.47 bits per heavy atom. The van der Waals surface area contributed by atoms with Crippen LogP contribution in [0.25, 0.3) is 11.4 Å². The van der Waals surface area contributed by atoms with Crippen LogP contribution in [-0.4, -0.2) is 15.1 Å². The first kappa shape index (κ1) is 9.79. The van der Waals surface area contributed by atoms with Crippen LogP contribution in [0.4, 0.5) is 8.78 Å². The number of nitrogens with zero attached hydrogens (tertiary/aromatic N) is 1. The number of imidazole rings is 1. The number of halogens is 2. The molecule has 0 aliphatic rings. The van der Waals surface area contributed by atoms with Crippen molar-refractivity contribution in [2.75, 3.05) is 0 Å². The summed E-state index contributed by atoms with van der Waals surface area (Å²) in [6, 6.07) is 3.59. The van der Waals surface area contributed by atoms with Crippen LogP contribution in [0.5, 0.6) is 0 Å². The molecule has 0 amide bonds. The molecule has 1 heterocycles. The molecule has 0 saturated heterocycles. The Balaban J connectivity index is 2.53. The van der Waals surface area contributed by atoms with Crippen molar-refractivity contribution in [2.24, 2.45) is 0 Å². The Hall–Kier alpha value is -1.75. The molecule has 0 radical (unpaired) electrons. The average molecular weight is 210 g/mol. The fourth-order valence-corrected chi connectivity index (χ4v) is 1.29. The highest BCUT2D eigenvalue weighted by molar-refractivity contribution is 5.56. The van der Waals surface area contributed by atoms with Crippen molar-refractivity contribution in [3.05, 3.63) is 41.7 Å². The molecule has 5 heteroatoms. The molecule has 0 fully saturated rings. The largest absolute Gasteiger partial charge is 0.390 e. The summed E-state index contributed by atoms with van der Waals surface area (Å²) in [5, 5.41) is 8.78. The second-order valence-electron chi connectivity index (χ2n) is 3.01. The van der Waals surface area contributed by atoms with Crippen LogP contribution in [-0.2, 0) is 6.61 Å². The quantitative estimate of drug-likeness (QED) is 0.794. The maximum atomic E-state index is 13.3. The normalized spacial score (nSPS) is 10.6. The lowest BCUT2D eigenvalue weighted by Crippen LogP contribution is -1.91. The van der Waals surface area contributed by atoms with Crippen LogP contribution in [0.2, 0.25) is 0 Å². The molecule has 1 aromatic heterocycles. The van der Waals surface area contributed by atoms with Crippen LogP contribution >= 0.6 is 0 Å². The molecular weight excluding hydrogens is 202 g/mol. The Bertz CT molecular complexity index is 462. The number of rotatable bonds is 2. The zero-order valence-electron chi connectivity index (χ0n) is 7.67. The molecular formula is C10H8F2N2O. The number of H-pyrrole nitrogens is 1. The first-order chi connectivity index (χ1) is 7.22. The zero-order valence-corrected chi connectivity index (χ0v) is 7.67. The molecule has 0 aliphatic carbocycles. The van der Waals surface area contributed by atoms with Gasteiger partial charge in [0.25, 0.3) is 0 Å². The summed E-state index contributed by atoms with van der Waals surface area (Å²) in [6.07, 6.45) is 1.33. The zero-order chi connectivity index (χ0) is 10.8. The molecule has 2 aromatic rings. The van der Waals surface area contributed by atoms with Gasteiger partial charge in [-0.1, -0.05) is 6.07 Å². The lowest BCUT2D eigenvalue weighted by Gasteiger charge is -2.00. The standard InChI is InChI=1S/C10H8F2N2O/c11-7-2-1-3-8(12)9(7)10-13-4-6(5-15)14-10/h1-4,15H,5H2,(H,13,14). The number of aliphatic hydroxyl groups excluding tert-OH is 1. The van der Waals surface area contributed by atoms with Crippen molar-refractivity contribution >= 4 is 0 Å². The van der Waals surface area contributed by atoms with Gasteiger partial charge in [0.1, 0.15) is 17.5 Å². The third kappa shape index (κ3) is 1.73. The summed E-state index contributed by atoms with van der Waals surface area (Å²) in [6.45, 7) is -0.247. The highest BCUT2D eigenvalue weighted by Crippen LogP contribution is 2.22. The van der Waals surface area contributed by atoms with E-state index >= 15 is 0 Å². The second kappa shape index (κ2) is 3.78. The van der Waals surface area contributed by atoms with E-state index in [9.17, 15) is 8.78 Å². The van der Waals surface area contributed by atoms with Crippen molar-refractivity contribution < 1.29 is 13.9 Å². The van der Waals surface area contributed by atoms with Gasteiger partial charge >= 0.3 is 0 Å². The van der Waals surface area contributed by atoms with E-state index in [1.165, 1.54) is 12.3 Å². The molecule has 0 bridgehead atoms. The van der Waals surface area contributed by atoms with Gasteiger partial charge in [0.15, 0.2) is 0 Å². The summed E-state index contributed by atoms with van der Waals surface area (Å²) in [4.78, 5) is 6.40. The van der Waals surface area contributed by atoms with Crippen molar-refractivity contribution in [3.8, 4) is 11.4 Å². The van der Waals surface area contributed by atoms with Crippen LogP contribution in [0.3, 0.4) is 0 Å². The Morgan fingerprint density at radius 1 is 1.27 bits per heavy atom. The Kier molecular flexibility index (Phi) is 2.47. The molecule has 15 heavy (non-hydrogen) atoms. The maximum absolute atomic E-state index is 13.3. The summed E-state index contributed by atoms with van der Waals surface area (Å²) in [5.41, 5.74) is 0.199. The smallest absolute Gasteiger partial charge is 0.143 e. The summed E-state index contributed by atoms with van der Waals surface area (Å²) in [7, 11) is 0. The van der Waals surface area contributed by atoms with E-state index in [0.29, 0.717) is 5.69 Å². The first-order valence-corrected chi connectivity index (χ1v) is 4.31. The van der Waals surface area contributed by atoms with E-state index in [2.05, 4.69) is 9.97 Å². The minimum Gasteiger partial charge on any atom is -0.390 e. The SMILES string of the molecule is OCc1cnc(-c2c(F)cccc2F)[nH]1. The molecule has 0 saturated carbocycles. The van der Waals surface area contributed by atoms with E-state index in [1.54, 1.807) is 0 Å². The summed E-state index contributed by atoms with van der Waals surface area (Å²) >= 11 is 0. The fraction of sp³-hybridized carbons (Fsp3) is 0.100. The molecule has 2 rings (SSSR count). The number of aromatic nitrogens is 2. The number of aliphatic hydroxyl groups is 1. The van der Waals surface area contributed by atoms with Gasteiger partial charge in [0.2, 0.25) is 0 Å². The van der Waals surface area contributed by atoms with Gasteiger partial charge in [-0.2, -0.15) is 0 Å². The average Bonchev–Trinajstić information content (AvgIpc) is 2.66. The predicted molar refractivity (Wildman–Crippen MR) is 49.9 cm³/mol. The molecule has 1 aromatic carbocycles. The van der Waals surface area contributed by atoms with Gasteiger partial charge < -0.3 is 10.1 Å². The van der Waals surface area contributed by atoms with Crippen LogP contribution in [0, 0.1) is 11.6 Å². The van der Waals surface area contributed by atoms with Crippen molar-refractivity contribution in [1.29, 1.82) is 0 Å². The monoisotopic (exact) mass is 210 g/mol. The number of benzene rings is 1. The van der Waals surface area contributed by atoms with Gasteiger partial charge in [-0.05, 0) is 12.1 Å². The number of aromatic amines is 1. The molecule has 0 atom stereocenters. The first-order valence-electron chi connectivity index (χ1n) is 4.31. The summed E-state index contributed by atoms with van der Waals surface area (Å²) in [5.74, 6) is -1.29. The van der Waals surface area contributed by atoms with E-state index in [1.807, 2.05) is 0 Å². The lowest BCUT2D eigenvalue weighted by molar-refractivity contribution is 0.277. The third-order valence-electron chi connectivity index (χ3n) is 2.00. The number of hydrogen-bond acceptors (Lipinski definition) is 2. The van der Waals surface area contributed by atoms with E-state index < -0.39 is 11.6 Å². The number of hydrogen-bond donors (Lipinski definition) is 2. The van der Waals surface area contributed by atoms with Crippen molar-refractivity contribution in [3.63, 3.8) is 0 Å². The second-order valence-corrected chi connectivity index (χ2v) is 3.01. The molecule has 2 N–H and O–H groups in total. The van der Waals surface area contributed by atoms with Gasteiger partial charge in [0, 0.05) is 0 Å². The molecule has 0 spiro atoms. The highest BCUT2D eigenvalue weighted by Gasteiger charge is 2.13. The van der Waals surface area contributed by atoms with Gasteiger partial charge in [-0.25, -0.2) is 13.8 Å². The third-order valence-corrected chi connectivity index (χ3v) is 2.00. The topological polar surface area (TPSA) is 48.9 Å². The minimum atomic E-state index is -0.686. The van der Waals surface area contributed by atoms with Crippen LogP contribution < -0.4 is 0 Å². The fourth-order valence-electron chi connectivity index (χ4n) is 1.29. The van der Waals surface area contributed by atoms with Crippen molar-refractivity contribution in [1.82, 2.24) is 9.97 Å². The molecule has 3 nitrogen and oxygen atoms in total. The predicted octanol–water partition coefficient (Wildman–Crippen LogP) is 1.85. The highest BCUT2D eigenvalue weighted by atomic mass is 19.1. The number of nitrogens with one attached hydrogen (secondary N) is 1. The van der Waals surface area contributed by atoms with Gasteiger partial charge in [-0.3, -0.25) is 0 Å². The van der Waals surface area contributed by atoms with E-state index in [4.69, 9.17) is 5.11 Å². The molecule has 78 valence electrons. The molecule has 0 unspecified atom stereocenters. The maximum Gasteiger partial charge on any atom is 0.143 e. The van der Waals surface area contributed by atoms with E-state index in [-0.39, 0.29) is 18.0 Å². The summed E-state index contributed by atoms with van der Waals surface area (Å²) < 4.78 is 26.6.